The maximum absolute atomic E-state index is 15.3. The monoisotopic (exact) mass is 703 g/mol. The number of cyclic esters (lactones) is 1. The summed E-state index contributed by atoms with van der Waals surface area (Å²) in [6.07, 6.45) is 0.0282. The van der Waals surface area contributed by atoms with Crippen LogP contribution in [-0.2, 0) is 53.9 Å². The van der Waals surface area contributed by atoms with Gasteiger partial charge < -0.3 is 35.7 Å². The molecule has 0 radical (unpaired) electrons. The smallest absolute Gasteiger partial charge is 0.343 e. The Morgan fingerprint density at radius 2 is 1.92 bits per heavy atom. The molecule has 15 nitrogen and oxygen atoms in total. The van der Waals surface area contributed by atoms with Crippen LogP contribution >= 0.6 is 0 Å². The van der Waals surface area contributed by atoms with Crippen molar-refractivity contribution in [2.24, 2.45) is 5.73 Å². The summed E-state index contributed by atoms with van der Waals surface area (Å²) in [7, 11) is 1.33. The lowest BCUT2D eigenvalue weighted by molar-refractivity contribution is -0.172. The Hall–Kier alpha value is -5.51. The van der Waals surface area contributed by atoms with Gasteiger partial charge in [-0.25, -0.2) is 14.2 Å². The van der Waals surface area contributed by atoms with Gasteiger partial charge in [0.2, 0.25) is 17.7 Å². The predicted molar refractivity (Wildman–Crippen MR) is 180 cm³/mol. The molecular formula is C35H38FN7O8. The molecular weight excluding hydrogens is 665 g/mol. The SMILES string of the molecule is CC[C@@]1(O)C(=O)OCc2c1cc1n(c2=O)Cc2c-1nc1cc(F)c(C)c3c1c2[C@@H](NC(=O)[C@H](CC(N)=O)NC(=O)[C@H](C)N(C)C(=O)C(C)=N)CC3. The summed E-state index contributed by atoms with van der Waals surface area (Å²) in [5, 5.41) is 24.9. The number of nitrogens with one attached hydrogen (secondary N) is 3. The van der Waals surface area contributed by atoms with Crippen LogP contribution in [-0.4, -0.2) is 74.0 Å². The summed E-state index contributed by atoms with van der Waals surface area (Å²) in [6.45, 7) is 5.62. The lowest BCUT2D eigenvalue weighted by Gasteiger charge is -2.31. The van der Waals surface area contributed by atoms with E-state index in [9.17, 15) is 33.9 Å². The standard InChI is InChI=1S/C35H38FN7O8/c1-6-35(50)20-9-25-29-18(12-43(25)33(48)19(20)13-51-34(35)49)28-22(8-7-17-14(2)21(36)10-23(39-29)27(17)28)40-31(46)24(11-26(38)44)41-30(45)16(4)42(5)32(47)15(3)37/h9-10,16,22,24,37,50H,6-8,11-13H2,1-5H3,(H2,38,44)(H,40,46)(H,41,45)/t16-,22-,24-,35-/m0/s1. The molecule has 6 rings (SSSR count). The van der Waals surface area contributed by atoms with E-state index in [0.29, 0.717) is 45.4 Å². The first-order chi connectivity index (χ1) is 24.0. The molecule has 0 saturated heterocycles. The van der Waals surface area contributed by atoms with Crippen molar-refractivity contribution in [2.45, 2.75) is 90.3 Å². The maximum atomic E-state index is 15.3. The molecule has 4 amide bonds. The van der Waals surface area contributed by atoms with Crippen molar-refractivity contribution in [3.8, 4) is 11.4 Å². The second-order valence-electron chi connectivity index (χ2n) is 13.4. The number of amides is 4. The lowest BCUT2D eigenvalue weighted by atomic mass is 9.81. The number of hydrogen-bond donors (Lipinski definition) is 5. The van der Waals surface area contributed by atoms with Gasteiger partial charge in [0.05, 0.1) is 47.2 Å². The minimum absolute atomic E-state index is 0.0154. The number of aryl methyl sites for hydroxylation is 1. The van der Waals surface area contributed by atoms with E-state index in [-0.39, 0.29) is 48.3 Å². The normalized spacial score (nSPS) is 19.6. The van der Waals surface area contributed by atoms with Gasteiger partial charge in [0.1, 0.15) is 24.5 Å². The zero-order valence-electron chi connectivity index (χ0n) is 28.7. The van der Waals surface area contributed by atoms with Gasteiger partial charge in [0, 0.05) is 29.6 Å². The fraction of sp³-hybridized carbons (Fsp3) is 0.429. The van der Waals surface area contributed by atoms with Crippen LogP contribution in [0.25, 0.3) is 22.3 Å². The quantitative estimate of drug-likeness (QED) is 0.123. The Morgan fingerprint density at radius 1 is 1.22 bits per heavy atom. The molecule has 16 heteroatoms. The first-order valence-corrected chi connectivity index (χ1v) is 16.5. The molecule has 0 fully saturated rings. The van der Waals surface area contributed by atoms with Gasteiger partial charge in [-0.05, 0) is 62.8 Å². The third kappa shape index (κ3) is 5.63. The molecule has 0 saturated carbocycles. The van der Waals surface area contributed by atoms with E-state index >= 15 is 4.39 Å². The fourth-order valence-corrected chi connectivity index (χ4v) is 7.29. The fourth-order valence-electron chi connectivity index (χ4n) is 7.29. The average Bonchev–Trinajstić information content (AvgIpc) is 3.46. The molecule has 2 aromatic heterocycles. The zero-order valence-corrected chi connectivity index (χ0v) is 28.7. The Labute approximate surface area is 290 Å². The third-order valence-electron chi connectivity index (χ3n) is 10.3. The van der Waals surface area contributed by atoms with Crippen LogP contribution in [0.4, 0.5) is 4.39 Å². The predicted octanol–water partition coefficient (Wildman–Crippen LogP) is 0.877. The van der Waals surface area contributed by atoms with Crippen molar-refractivity contribution in [2.75, 3.05) is 7.05 Å². The molecule has 6 N–H and O–H groups in total. The number of nitrogens with two attached hydrogens (primary N) is 1. The number of carbonyl (C=O) groups is 5. The van der Waals surface area contributed by atoms with Gasteiger partial charge in [-0.3, -0.25) is 29.4 Å². The van der Waals surface area contributed by atoms with Crippen LogP contribution in [0.2, 0.25) is 0 Å². The van der Waals surface area contributed by atoms with E-state index in [1.54, 1.807) is 19.9 Å². The highest BCUT2D eigenvalue weighted by Gasteiger charge is 2.46. The van der Waals surface area contributed by atoms with Crippen molar-refractivity contribution in [1.29, 1.82) is 5.41 Å². The number of pyridine rings is 2. The number of carbonyl (C=O) groups excluding carboxylic acids is 5. The molecule has 1 aliphatic carbocycles. The van der Waals surface area contributed by atoms with E-state index in [0.717, 1.165) is 4.90 Å². The summed E-state index contributed by atoms with van der Waals surface area (Å²) in [5.74, 6) is -4.43. The number of rotatable bonds is 9. The van der Waals surface area contributed by atoms with Crippen LogP contribution in [0.15, 0.2) is 16.9 Å². The number of halogens is 1. The molecule has 3 aliphatic rings. The van der Waals surface area contributed by atoms with Gasteiger partial charge in [-0.1, -0.05) is 6.92 Å². The van der Waals surface area contributed by atoms with E-state index < -0.39 is 71.1 Å². The summed E-state index contributed by atoms with van der Waals surface area (Å²) in [5.41, 5.74) is 6.00. The molecule has 4 atom stereocenters. The molecule has 268 valence electrons. The summed E-state index contributed by atoms with van der Waals surface area (Å²) >= 11 is 0. The van der Waals surface area contributed by atoms with Gasteiger partial charge in [0.25, 0.3) is 11.5 Å². The lowest BCUT2D eigenvalue weighted by Crippen LogP contribution is -2.55. The highest BCUT2D eigenvalue weighted by Crippen LogP contribution is 2.46. The number of likely N-dealkylation sites (N-methyl/N-ethyl adjacent to an activating group) is 1. The first kappa shape index (κ1) is 35.3. The molecule has 1 aromatic carbocycles. The third-order valence-corrected chi connectivity index (χ3v) is 10.3. The zero-order chi connectivity index (χ0) is 37.3. The van der Waals surface area contributed by atoms with Crippen LogP contribution < -0.4 is 21.9 Å². The minimum atomic E-state index is -2.05. The van der Waals surface area contributed by atoms with Crippen LogP contribution in [0.5, 0.6) is 0 Å². The van der Waals surface area contributed by atoms with Gasteiger partial charge in [-0.15, -0.1) is 0 Å². The number of benzene rings is 1. The van der Waals surface area contributed by atoms with Gasteiger partial charge in [0.15, 0.2) is 5.60 Å². The second kappa shape index (κ2) is 12.7. The number of aliphatic hydroxyl groups is 1. The minimum Gasteiger partial charge on any atom is -0.458 e. The second-order valence-corrected chi connectivity index (χ2v) is 13.4. The van der Waals surface area contributed by atoms with Crippen molar-refractivity contribution < 1.29 is 38.2 Å². The Bertz CT molecular complexity index is 2160. The number of nitrogens with zero attached hydrogens (tertiary/aromatic N) is 3. The largest absolute Gasteiger partial charge is 0.458 e. The van der Waals surface area contributed by atoms with Crippen molar-refractivity contribution >= 4 is 46.2 Å². The number of hydrogen-bond acceptors (Lipinski definition) is 10. The number of primary amides is 1. The number of esters is 1. The van der Waals surface area contributed by atoms with Gasteiger partial charge >= 0.3 is 5.97 Å². The van der Waals surface area contributed by atoms with Crippen LogP contribution in [0.1, 0.15) is 79.5 Å². The molecule has 3 aromatic rings. The number of aromatic nitrogens is 2. The molecule has 4 heterocycles. The number of fused-ring (bicyclic) bond motifs is 5. The molecule has 51 heavy (non-hydrogen) atoms. The van der Waals surface area contributed by atoms with Gasteiger partial charge in [-0.2, -0.15) is 0 Å². The van der Waals surface area contributed by atoms with Crippen molar-refractivity contribution in [3.05, 3.63) is 61.7 Å². The summed E-state index contributed by atoms with van der Waals surface area (Å²) < 4.78 is 21.9. The Balaban J connectivity index is 1.43. The highest BCUT2D eigenvalue weighted by atomic mass is 19.1. The molecule has 2 aliphatic heterocycles. The molecule has 0 bridgehead atoms. The maximum Gasteiger partial charge on any atom is 0.343 e. The molecule has 0 unspecified atom stereocenters. The van der Waals surface area contributed by atoms with Crippen molar-refractivity contribution in [3.63, 3.8) is 0 Å². The summed E-state index contributed by atoms with van der Waals surface area (Å²) in [4.78, 5) is 83.8. The van der Waals surface area contributed by atoms with E-state index in [1.807, 2.05) is 0 Å². The molecule has 0 spiro atoms. The van der Waals surface area contributed by atoms with Crippen molar-refractivity contribution in [1.82, 2.24) is 25.1 Å². The topological polar surface area (TPSA) is 227 Å². The van der Waals surface area contributed by atoms with E-state index in [2.05, 4.69) is 10.6 Å². The van der Waals surface area contributed by atoms with E-state index in [1.165, 1.54) is 31.5 Å². The number of ether oxygens (including phenoxy) is 1. The van der Waals surface area contributed by atoms with E-state index in [4.69, 9.17) is 20.9 Å². The van der Waals surface area contributed by atoms with Crippen LogP contribution in [0.3, 0.4) is 0 Å². The first-order valence-electron chi connectivity index (χ1n) is 16.5. The Kier molecular flexibility index (Phi) is 8.78. The Morgan fingerprint density at radius 3 is 2.57 bits per heavy atom. The highest BCUT2D eigenvalue weighted by molar-refractivity contribution is 6.36. The van der Waals surface area contributed by atoms with Crippen LogP contribution in [0, 0.1) is 18.2 Å². The summed E-state index contributed by atoms with van der Waals surface area (Å²) in [6, 6.07) is -0.453. The average molecular weight is 704 g/mol.